The van der Waals surface area contributed by atoms with Crippen LogP contribution in [0.25, 0.3) is 0 Å². The minimum absolute atomic E-state index is 0.0391. The van der Waals surface area contributed by atoms with Gasteiger partial charge in [-0.15, -0.1) is 0 Å². The van der Waals surface area contributed by atoms with Gasteiger partial charge in [0.2, 0.25) is 6.41 Å². The molecule has 92 valence electrons. The fourth-order valence-corrected chi connectivity index (χ4v) is 1.51. The fourth-order valence-electron chi connectivity index (χ4n) is 1.51. The van der Waals surface area contributed by atoms with E-state index >= 15 is 0 Å². The molecule has 0 aliphatic carbocycles. The molecule has 0 bridgehead atoms. The summed E-state index contributed by atoms with van der Waals surface area (Å²) in [4.78, 5) is 25.1. The van der Waals surface area contributed by atoms with E-state index in [-0.39, 0.29) is 12.5 Å². The van der Waals surface area contributed by atoms with Crippen molar-refractivity contribution in [3.63, 3.8) is 0 Å². The van der Waals surface area contributed by atoms with Gasteiger partial charge in [0.15, 0.2) is 0 Å². The molecule has 0 saturated heterocycles. The van der Waals surface area contributed by atoms with Crippen LogP contribution in [0, 0.1) is 6.92 Å². The van der Waals surface area contributed by atoms with Gasteiger partial charge in [0.25, 0.3) is 0 Å². The van der Waals surface area contributed by atoms with Crippen LogP contribution < -0.4 is 5.32 Å². The van der Waals surface area contributed by atoms with Crippen molar-refractivity contribution in [1.29, 1.82) is 0 Å². The van der Waals surface area contributed by atoms with Crippen LogP contribution in [0.1, 0.15) is 24.1 Å². The summed E-state index contributed by atoms with van der Waals surface area (Å²) in [6.45, 7) is 1.95. The molecule has 0 aromatic carbocycles. The predicted molar refractivity (Wildman–Crippen MR) is 62.5 cm³/mol. The van der Waals surface area contributed by atoms with Gasteiger partial charge in [0.05, 0.1) is 0 Å². The first kappa shape index (κ1) is 13.2. The molecule has 1 atom stereocenters. The van der Waals surface area contributed by atoms with Crippen molar-refractivity contribution in [3.05, 3.63) is 29.6 Å². The Hall–Kier alpha value is -1.91. The van der Waals surface area contributed by atoms with Crippen LogP contribution in [-0.2, 0) is 16.0 Å². The summed E-state index contributed by atoms with van der Waals surface area (Å²) in [5.41, 5.74) is 1.92. The molecule has 17 heavy (non-hydrogen) atoms. The van der Waals surface area contributed by atoms with Crippen LogP contribution in [0.15, 0.2) is 18.3 Å². The van der Waals surface area contributed by atoms with Crippen LogP contribution in [0.5, 0.6) is 0 Å². The van der Waals surface area contributed by atoms with Gasteiger partial charge in [-0.05, 0) is 25.0 Å². The number of rotatable bonds is 7. The quantitative estimate of drug-likeness (QED) is 0.690. The largest absolute Gasteiger partial charge is 0.481 e. The SMILES string of the molecule is Cc1ccc(CC(CCC(=O)O)NC=O)nc1. The molecule has 0 radical (unpaired) electrons. The molecule has 1 unspecified atom stereocenters. The standard InChI is InChI=1S/C12H16N2O3/c1-9-2-3-10(13-7-9)6-11(14-8-15)4-5-12(16)17/h2-3,7-8,11H,4-6H2,1H3,(H,14,15)(H,16,17). The average molecular weight is 236 g/mol. The van der Waals surface area contributed by atoms with Crippen molar-refractivity contribution in [2.24, 2.45) is 0 Å². The number of carbonyl (C=O) groups is 2. The number of aryl methyl sites for hydroxylation is 1. The van der Waals surface area contributed by atoms with E-state index in [9.17, 15) is 9.59 Å². The van der Waals surface area contributed by atoms with Crippen molar-refractivity contribution in [2.75, 3.05) is 0 Å². The molecule has 0 fully saturated rings. The number of carbonyl (C=O) groups excluding carboxylic acids is 1. The Labute approximate surface area is 99.9 Å². The van der Waals surface area contributed by atoms with E-state index in [4.69, 9.17) is 5.11 Å². The highest BCUT2D eigenvalue weighted by Gasteiger charge is 2.11. The molecule has 2 N–H and O–H groups in total. The maximum absolute atomic E-state index is 10.5. The van der Waals surface area contributed by atoms with Gasteiger partial charge in [-0.3, -0.25) is 14.6 Å². The highest BCUT2D eigenvalue weighted by atomic mass is 16.4. The number of aromatic nitrogens is 1. The minimum Gasteiger partial charge on any atom is -0.481 e. The third-order valence-electron chi connectivity index (χ3n) is 2.44. The lowest BCUT2D eigenvalue weighted by Gasteiger charge is -2.14. The van der Waals surface area contributed by atoms with Gasteiger partial charge in [-0.1, -0.05) is 6.07 Å². The van der Waals surface area contributed by atoms with E-state index in [1.54, 1.807) is 6.20 Å². The molecule has 5 heteroatoms. The Balaban J connectivity index is 2.56. The summed E-state index contributed by atoms with van der Waals surface area (Å²) in [7, 11) is 0. The first-order chi connectivity index (χ1) is 8.11. The Morgan fingerprint density at radius 1 is 1.59 bits per heavy atom. The fraction of sp³-hybridized carbons (Fsp3) is 0.417. The molecule has 1 amide bonds. The lowest BCUT2D eigenvalue weighted by atomic mass is 10.1. The second kappa shape index (κ2) is 6.62. The Bertz CT molecular complexity index is 376. The van der Waals surface area contributed by atoms with Gasteiger partial charge in [0.1, 0.15) is 0 Å². The normalized spacial score (nSPS) is 11.8. The molecule has 0 aliphatic rings. The molecular formula is C12H16N2O3. The van der Waals surface area contributed by atoms with E-state index in [1.807, 2.05) is 19.1 Å². The van der Waals surface area contributed by atoms with Crippen LogP contribution in [-0.4, -0.2) is 28.5 Å². The third kappa shape index (κ3) is 5.10. The number of hydrogen-bond acceptors (Lipinski definition) is 3. The first-order valence-electron chi connectivity index (χ1n) is 5.45. The first-order valence-corrected chi connectivity index (χ1v) is 5.45. The van der Waals surface area contributed by atoms with Gasteiger partial charge >= 0.3 is 5.97 Å². The molecule has 0 spiro atoms. The zero-order valence-electron chi connectivity index (χ0n) is 9.72. The number of nitrogens with one attached hydrogen (secondary N) is 1. The topological polar surface area (TPSA) is 79.3 Å². The Morgan fingerprint density at radius 2 is 2.35 bits per heavy atom. The zero-order chi connectivity index (χ0) is 12.7. The Morgan fingerprint density at radius 3 is 2.88 bits per heavy atom. The molecule has 1 aromatic rings. The summed E-state index contributed by atoms with van der Waals surface area (Å²) in [5.74, 6) is -0.862. The maximum Gasteiger partial charge on any atom is 0.303 e. The zero-order valence-corrected chi connectivity index (χ0v) is 9.72. The number of pyridine rings is 1. The number of aliphatic carboxylic acids is 1. The van der Waals surface area contributed by atoms with Crippen molar-refractivity contribution >= 4 is 12.4 Å². The summed E-state index contributed by atoms with van der Waals surface area (Å²) in [6, 6.07) is 3.64. The van der Waals surface area contributed by atoms with Crippen LogP contribution in [0.2, 0.25) is 0 Å². The minimum atomic E-state index is -0.862. The molecule has 0 saturated carbocycles. The molecule has 5 nitrogen and oxygen atoms in total. The van der Waals surface area contributed by atoms with Crippen molar-refractivity contribution < 1.29 is 14.7 Å². The highest BCUT2D eigenvalue weighted by Crippen LogP contribution is 2.06. The van der Waals surface area contributed by atoms with Crippen LogP contribution >= 0.6 is 0 Å². The molecule has 1 heterocycles. The van der Waals surface area contributed by atoms with E-state index < -0.39 is 5.97 Å². The maximum atomic E-state index is 10.5. The average Bonchev–Trinajstić information content (AvgIpc) is 2.29. The van der Waals surface area contributed by atoms with Crippen molar-refractivity contribution in [2.45, 2.75) is 32.2 Å². The smallest absolute Gasteiger partial charge is 0.303 e. The third-order valence-corrected chi connectivity index (χ3v) is 2.44. The van der Waals surface area contributed by atoms with Gasteiger partial charge in [-0.2, -0.15) is 0 Å². The van der Waals surface area contributed by atoms with Gasteiger partial charge in [0, 0.05) is 30.8 Å². The number of carboxylic acids is 1. The van der Waals surface area contributed by atoms with Gasteiger partial charge < -0.3 is 10.4 Å². The molecule has 1 aromatic heterocycles. The molecule has 0 aliphatic heterocycles. The number of hydrogen-bond donors (Lipinski definition) is 2. The van der Waals surface area contributed by atoms with Crippen LogP contribution in [0.3, 0.4) is 0 Å². The number of amides is 1. The second-order valence-electron chi connectivity index (χ2n) is 3.94. The van der Waals surface area contributed by atoms with E-state index in [0.717, 1.165) is 11.3 Å². The van der Waals surface area contributed by atoms with E-state index in [0.29, 0.717) is 19.3 Å². The highest BCUT2D eigenvalue weighted by molar-refractivity contribution is 5.66. The summed E-state index contributed by atoms with van der Waals surface area (Å²) in [6.07, 6.45) is 3.35. The van der Waals surface area contributed by atoms with Crippen molar-refractivity contribution in [3.8, 4) is 0 Å². The second-order valence-corrected chi connectivity index (χ2v) is 3.94. The van der Waals surface area contributed by atoms with Crippen molar-refractivity contribution in [1.82, 2.24) is 10.3 Å². The summed E-state index contributed by atoms with van der Waals surface area (Å²) >= 11 is 0. The number of carboxylic acid groups (broad SMARTS) is 1. The van der Waals surface area contributed by atoms with E-state index in [1.165, 1.54) is 0 Å². The summed E-state index contributed by atoms with van der Waals surface area (Å²) in [5, 5.41) is 11.2. The van der Waals surface area contributed by atoms with Gasteiger partial charge in [-0.25, -0.2) is 0 Å². The Kier molecular flexibility index (Phi) is 5.13. The van der Waals surface area contributed by atoms with Crippen LogP contribution in [0.4, 0.5) is 0 Å². The lowest BCUT2D eigenvalue weighted by molar-refractivity contribution is -0.137. The molecular weight excluding hydrogens is 220 g/mol. The monoisotopic (exact) mass is 236 g/mol. The predicted octanol–water partition coefficient (Wildman–Crippen LogP) is 0.912. The molecule has 1 rings (SSSR count). The summed E-state index contributed by atoms with van der Waals surface area (Å²) < 4.78 is 0. The van der Waals surface area contributed by atoms with E-state index in [2.05, 4.69) is 10.3 Å². The lowest BCUT2D eigenvalue weighted by Crippen LogP contribution is -2.30. The number of nitrogens with zero attached hydrogens (tertiary/aromatic N) is 1.